The molecule has 1 radical (unpaired) electrons. The number of rotatable bonds is 11. The van der Waals surface area contributed by atoms with E-state index in [1.54, 1.807) is 36.3 Å². The zero-order valence-electron chi connectivity index (χ0n) is 33.9. The minimum atomic E-state index is -0.461. The quantitative estimate of drug-likeness (QED) is 0.0764. The van der Waals surface area contributed by atoms with Crippen LogP contribution in [0.4, 0.5) is 11.4 Å². The number of anilines is 1. The number of aromatic nitrogens is 1. The Kier molecular flexibility index (Phi) is 13.7. The Morgan fingerprint density at radius 3 is 2.31 bits per heavy atom. The van der Waals surface area contributed by atoms with Crippen molar-refractivity contribution in [2.24, 2.45) is 7.05 Å². The van der Waals surface area contributed by atoms with E-state index < -0.39 is 4.92 Å². The number of fused-ring (bicyclic) bond motifs is 1. The van der Waals surface area contributed by atoms with Crippen LogP contribution in [0.3, 0.4) is 0 Å². The van der Waals surface area contributed by atoms with Gasteiger partial charge in [0.05, 0.1) is 18.1 Å². The van der Waals surface area contributed by atoms with E-state index in [9.17, 15) is 19.7 Å². The Morgan fingerprint density at radius 1 is 0.931 bits per heavy atom. The number of carbonyl (C=O) groups excluding carboxylic acids is 2. The van der Waals surface area contributed by atoms with Gasteiger partial charge in [-0.05, 0) is 23.6 Å². The van der Waals surface area contributed by atoms with E-state index in [0.717, 1.165) is 29.8 Å². The number of hydrogen-bond donors (Lipinski definition) is 0. The predicted octanol–water partition coefficient (Wildman–Crippen LogP) is 7.46. The fourth-order valence-corrected chi connectivity index (χ4v) is 8.01. The van der Waals surface area contributed by atoms with Gasteiger partial charge in [-0.3, -0.25) is 19.8 Å². The molecule has 2 aliphatic rings. The van der Waals surface area contributed by atoms with Gasteiger partial charge in [-0.1, -0.05) is 38.1 Å². The zero-order chi connectivity index (χ0) is 41.5. The van der Waals surface area contributed by atoms with Gasteiger partial charge in [-0.25, -0.2) is 0 Å². The monoisotopic (exact) mass is 852 g/mol. The van der Waals surface area contributed by atoms with Gasteiger partial charge in [0, 0.05) is 38.3 Å². The summed E-state index contributed by atoms with van der Waals surface area (Å²) >= 11 is 2.54. The maximum absolute atomic E-state index is 14.9. The molecule has 12 nitrogen and oxygen atoms in total. The van der Waals surface area contributed by atoms with Crippen molar-refractivity contribution in [1.82, 2.24) is 14.4 Å². The fourth-order valence-electron chi connectivity index (χ4n) is 7.77. The number of non-ortho nitro benzene ring substituents is 1. The summed E-state index contributed by atoms with van der Waals surface area (Å²) in [5.41, 5.74) is 6.86. The van der Waals surface area contributed by atoms with E-state index in [2.05, 4.69) is 33.4 Å². The van der Waals surface area contributed by atoms with Gasteiger partial charge in [0.1, 0.15) is 0 Å². The Morgan fingerprint density at radius 2 is 1.64 bits per heavy atom. The molecule has 2 aliphatic heterocycles. The van der Waals surface area contributed by atoms with E-state index in [4.69, 9.17) is 13.3 Å². The van der Waals surface area contributed by atoms with Crippen molar-refractivity contribution in [2.45, 2.75) is 53.2 Å². The second-order valence-electron chi connectivity index (χ2n) is 14.3. The predicted molar refractivity (Wildman–Crippen MR) is 226 cm³/mol. The Labute approximate surface area is 348 Å². The van der Waals surface area contributed by atoms with Crippen molar-refractivity contribution in [3.63, 3.8) is 0 Å². The first-order valence-corrected chi connectivity index (χ1v) is 20.2. The first-order chi connectivity index (χ1) is 28.1. The molecule has 0 saturated carbocycles. The summed E-state index contributed by atoms with van der Waals surface area (Å²) in [6, 6.07) is 27.1. The number of hydrogen-bond acceptors (Lipinski definition) is 8. The molecule has 3 heterocycles. The zero-order valence-corrected chi connectivity index (χ0v) is 35.6. The Bertz CT molecular complexity index is 2270. The van der Waals surface area contributed by atoms with Crippen molar-refractivity contribution in [1.29, 1.82) is 0 Å². The van der Waals surface area contributed by atoms with Crippen molar-refractivity contribution in [3.05, 3.63) is 140 Å². The minimum absolute atomic E-state index is 0.123. The van der Waals surface area contributed by atoms with Gasteiger partial charge in [-0.15, -0.1) is 0 Å². The van der Waals surface area contributed by atoms with Gasteiger partial charge in [0.25, 0.3) is 11.6 Å². The van der Waals surface area contributed by atoms with E-state index in [-0.39, 0.29) is 30.1 Å². The number of nitro benzene ring substituents is 1. The number of amides is 2. The third-order valence-electron chi connectivity index (χ3n) is 11.1. The van der Waals surface area contributed by atoms with Crippen LogP contribution >= 0.6 is 0 Å². The molecule has 1 aromatic heterocycles. The van der Waals surface area contributed by atoms with Crippen LogP contribution in [0.5, 0.6) is 11.5 Å². The molecule has 0 bridgehead atoms. The Balaban J connectivity index is 0.00000279. The van der Waals surface area contributed by atoms with Crippen molar-refractivity contribution < 1.29 is 27.8 Å². The van der Waals surface area contributed by atoms with Crippen LogP contribution in [0.25, 0.3) is 11.3 Å². The molecule has 2 amide bonds. The van der Waals surface area contributed by atoms with Crippen LogP contribution in [-0.4, -0.2) is 93.4 Å². The average Bonchev–Trinajstić information content (AvgIpc) is 3.56. The first kappa shape index (κ1) is 42.2. The average molecular weight is 852 g/mol. The molecule has 0 aliphatic carbocycles. The molecule has 303 valence electrons. The molecular weight excluding hydrogens is 801 g/mol. The normalized spacial score (nSPS) is 15.2. The molecular formula is C45H50N5O7Se. The Hall–Kier alpha value is -5.46. The standard InChI is InChI=1S/C43H44N5O7Se.C2H6/c1-28-31(10-7-11-41(28)53-4)25-46(33-12-15-36(55-56)16-13-33)43(50)38-24-40(44(3)29(38)2)39-23-34(48(51)52)14-17-37(39)42(49)47-26-32-9-6-5-8-30(32)22-35(47)27-45-18-20-54-21-19-45;1-2/h5-17,23-24,35H,18-22,25-27H2,1-4H3;1-2H3/t35-;/m0./s1. The number of carbonyl (C=O) groups is 2. The molecule has 1 saturated heterocycles. The van der Waals surface area contributed by atoms with Crippen LogP contribution in [-0.2, 0) is 31.3 Å². The maximum atomic E-state index is 14.9. The third kappa shape index (κ3) is 8.83. The molecule has 1 atom stereocenters. The molecule has 4 aromatic carbocycles. The molecule has 1 fully saturated rings. The first-order valence-electron chi connectivity index (χ1n) is 19.5. The van der Waals surface area contributed by atoms with Gasteiger partial charge < -0.3 is 9.64 Å². The summed E-state index contributed by atoms with van der Waals surface area (Å²) in [5, 5.41) is 12.2. The SMILES string of the molecule is CC.COc1cccc(CN(C(=O)c2cc(-c3cc([N+](=O)[O-])ccc3C(=O)N3Cc4ccccc4C[C@H]3CN3CCOCC3)n(C)c2C)c2ccc(O[Se])cc2)c1C. The van der Waals surface area contributed by atoms with Crippen molar-refractivity contribution >= 4 is 39.5 Å². The van der Waals surface area contributed by atoms with Crippen LogP contribution < -0.4 is 13.5 Å². The van der Waals surface area contributed by atoms with E-state index in [1.807, 2.05) is 86.7 Å². The number of morpholine rings is 1. The number of benzene rings is 4. The second-order valence-corrected chi connectivity index (χ2v) is 14.6. The summed E-state index contributed by atoms with van der Waals surface area (Å²) in [4.78, 5) is 47.4. The van der Waals surface area contributed by atoms with Gasteiger partial charge in [0.2, 0.25) is 0 Å². The van der Waals surface area contributed by atoms with Crippen LogP contribution in [0, 0.1) is 24.0 Å². The van der Waals surface area contributed by atoms with E-state index >= 15 is 0 Å². The number of nitrogens with zero attached hydrogens (tertiary/aromatic N) is 5. The van der Waals surface area contributed by atoms with Crippen molar-refractivity contribution in [2.75, 3.05) is 44.9 Å². The van der Waals surface area contributed by atoms with Crippen LogP contribution in [0.15, 0.2) is 91.0 Å². The molecule has 7 rings (SSSR count). The van der Waals surface area contributed by atoms with Crippen LogP contribution in [0.2, 0.25) is 0 Å². The molecule has 0 spiro atoms. The van der Waals surface area contributed by atoms with E-state index in [0.29, 0.717) is 78.0 Å². The van der Waals surface area contributed by atoms with E-state index in [1.165, 1.54) is 17.7 Å². The number of methoxy groups -OCH3 is 1. The molecule has 0 N–H and O–H groups in total. The topological polar surface area (TPSA) is 120 Å². The summed E-state index contributed by atoms with van der Waals surface area (Å²) in [5.74, 6) is 0.814. The molecule has 58 heavy (non-hydrogen) atoms. The second kappa shape index (κ2) is 18.9. The van der Waals surface area contributed by atoms with Gasteiger partial charge >= 0.3 is 191 Å². The summed E-state index contributed by atoms with van der Waals surface area (Å²) in [7, 11) is 3.43. The number of nitro groups is 1. The summed E-state index contributed by atoms with van der Waals surface area (Å²) in [6.45, 7) is 12.0. The van der Waals surface area contributed by atoms with Gasteiger partial charge in [-0.2, -0.15) is 0 Å². The summed E-state index contributed by atoms with van der Waals surface area (Å²) in [6.07, 6.45) is 0.690. The fraction of sp³-hybridized carbons (Fsp3) is 0.333. The third-order valence-corrected chi connectivity index (χ3v) is 11.5. The van der Waals surface area contributed by atoms with Crippen molar-refractivity contribution in [3.8, 4) is 22.8 Å². The number of ether oxygens (including phenoxy) is 2. The summed E-state index contributed by atoms with van der Waals surface area (Å²) < 4.78 is 18.3. The molecule has 13 heteroatoms. The van der Waals surface area contributed by atoms with Gasteiger partial charge in [0.15, 0.2) is 0 Å². The van der Waals surface area contributed by atoms with Crippen LogP contribution in [0.1, 0.15) is 62.5 Å². The molecule has 0 unspecified atom stereocenters. The molecule has 5 aromatic rings.